The minimum absolute atomic E-state index is 0.209. The van der Waals surface area contributed by atoms with E-state index in [0.29, 0.717) is 16.9 Å². The van der Waals surface area contributed by atoms with Gasteiger partial charge in [0.25, 0.3) is 11.8 Å². The molecule has 34 heavy (non-hydrogen) atoms. The molecule has 0 atom stereocenters. The largest absolute Gasteiger partial charge is 0.459 e. The van der Waals surface area contributed by atoms with Gasteiger partial charge in [-0.15, -0.1) is 11.3 Å². The fraction of sp³-hybridized carbons (Fsp3) is 0.0741. The summed E-state index contributed by atoms with van der Waals surface area (Å²) in [6, 6.07) is 24.3. The molecule has 3 aromatic carbocycles. The molecular formula is C27H21N3O3S. The first kappa shape index (κ1) is 21.6. The van der Waals surface area contributed by atoms with Crippen molar-refractivity contribution in [2.45, 2.75) is 13.3 Å². The summed E-state index contributed by atoms with van der Waals surface area (Å²) in [6.45, 7) is 1.86. The second kappa shape index (κ2) is 9.33. The van der Waals surface area contributed by atoms with Gasteiger partial charge in [0.05, 0.1) is 21.5 Å². The van der Waals surface area contributed by atoms with E-state index in [1.165, 1.54) is 11.0 Å². The molecule has 2 N–H and O–H groups in total. The van der Waals surface area contributed by atoms with Gasteiger partial charge < -0.3 is 15.1 Å². The van der Waals surface area contributed by atoms with Gasteiger partial charge in [0.15, 0.2) is 5.76 Å². The molecule has 0 spiro atoms. The predicted molar refractivity (Wildman–Crippen MR) is 135 cm³/mol. The van der Waals surface area contributed by atoms with Crippen LogP contribution >= 0.6 is 11.3 Å². The van der Waals surface area contributed by atoms with Crippen LogP contribution in [0.15, 0.2) is 89.5 Å². The van der Waals surface area contributed by atoms with Gasteiger partial charge in [-0.25, -0.2) is 4.98 Å². The van der Waals surface area contributed by atoms with Gasteiger partial charge in [-0.3, -0.25) is 9.59 Å². The lowest BCUT2D eigenvalue weighted by Crippen LogP contribution is -2.15. The number of aryl methyl sites for hydroxylation is 1. The van der Waals surface area contributed by atoms with Gasteiger partial charge in [-0.2, -0.15) is 0 Å². The number of rotatable bonds is 6. The number of carbonyl (C=O) groups excluding carboxylic acids is 2. The lowest BCUT2D eigenvalue weighted by Gasteiger charge is -2.11. The number of aromatic nitrogens is 1. The molecule has 168 valence electrons. The van der Waals surface area contributed by atoms with E-state index in [2.05, 4.69) is 21.7 Å². The number of thiazole rings is 1. The zero-order valence-electron chi connectivity index (χ0n) is 18.4. The van der Waals surface area contributed by atoms with E-state index in [-0.39, 0.29) is 17.6 Å². The van der Waals surface area contributed by atoms with E-state index in [9.17, 15) is 9.59 Å². The molecule has 0 bridgehead atoms. The first-order valence-corrected chi connectivity index (χ1v) is 11.6. The number of nitrogens with zero attached hydrogens (tertiary/aromatic N) is 1. The third-order valence-corrected chi connectivity index (χ3v) is 6.43. The third kappa shape index (κ3) is 4.74. The SMILES string of the molecule is Cc1ccc(C(=O)Nc2ccc(Cc3nc4ccccc4s3)cc2)cc1NC(=O)c1ccco1. The van der Waals surface area contributed by atoms with E-state index in [1.54, 1.807) is 41.7 Å². The minimum atomic E-state index is -0.366. The molecule has 0 aliphatic carbocycles. The zero-order valence-corrected chi connectivity index (χ0v) is 19.2. The smallest absolute Gasteiger partial charge is 0.291 e. The molecule has 2 aromatic heterocycles. The summed E-state index contributed by atoms with van der Waals surface area (Å²) in [4.78, 5) is 29.8. The molecular weight excluding hydrogens is 446 g/mol. The normalized spacial score (nSPS) is 10.9. The third-order valence-electron chi connectivity index (χ3n) is 5.40. The van der Waals surface area contributed by atoms with Crippen LogP contribution in [0, 0.1) is 6.92 Å². The van der Waals surface area contributed by atoms with Crippen LogP contribution in [0.25, 0.3) is 10.2 Å². The molecule has 0 unspecified atom stereocenters. The Morgan fingerprint density at radius 1 is 0.912 bits per heavy atom. The van der Waals surface area contributed by atoms with Crippen LogP contribution in [0.3, 0.4) is 0 Å². The van der Waals surface area contributed by atoms with Crippen LogP contribution in [-0.2, 0) is 6.42 Å². The number of para-hydroxylation sites is 1. The van der Waals surface area contributed by atoms with Gasteiger partial charge in [0.1, 0.15) is 0 Å². The van der Waals surface area contributed by atoms with Crippen LogP contribution in [0.1, 0.15) is 37.0 Å². The highest BCUT2D eigenvalue weighted by atomic mass is 32.1. The Morgan fingerprint density at radius 3 is 2.50 bits per heavy atom. The molecule has 0 fully saturated rings. The Kier molecular flexibility index (Phi) is 5.93. The van der Waals surface area contributed by atoms with Crippen molar-refractivity contribution in [1.29, 1.82) is 0 Å². The summed E-state index contributed by atoms with van der Waals surface area (Å²) in [5.41, 5.74) is 4.68. The predicted octanol–water partition coefficient (Wildman–Crippen LogP) is 6.29. The Bertz CT molecular complexity index is 1440. The summed E-state index contributed by atoms with van der Waals surface area (Å²) < 4.78 is 6.31. The van der Waals surface area contributed by atoms with Crippen LogP contribution in [0.2, 0.25) is 0 Å². The highest BCUT2D eigenvalue weighted by Crippen LogP contribution is 2.24. The van der Waals surface area contributed by atoms with E-state index in [0.717, 1.165) is 28.1 Å². The van der Waals surface area contributed by atoms with Crippen molar-refractivity contribution < 1.29 is 14.0 Å². The Morgan fingerprint density at radius 2 is 1.74 bits per heavy atom. The van der Waals surface area contributed by atoms with Crippen molar-refractivity contribution in [2.75, 3.05) is 10.6 Å². The highest BCUT2D eigenvalue weighted by molar-refractivity contribution is 7.18. The number of furan rings is 1. The summed E-state index contributed by atoms with van der Waals surface area (Å²) in [6.07, 6.45) is 2.18. The maximum absolute atomic E-state index is 12.8. The van der Waals surface area contributed by atoms with Gasteiger partial charge in [-0.05, 0) is 66.6 Å². The molecule has 0 aliphatic heterocycles. The van der Waals surface area contributed by atoms with E-state index < -0.39 is 0 Å². The Balaban J connectivity index is 1.25. The molecule has 2 amide bonds. The number of amides is 2. The Hall–Kier alpha value is -4.23. The number of hydrogen-bond donors (Lipinski definition) is 2. The van der Waals surface area contributed by atoms with E-state index in [4.69, 9.17) is 4.42 Å². The topological polar surface area (TPSA) is 84.2 Å². The number of hydrogen-bond acceptors (Lipinski definition) is 5. The molecule has 5 aromatic rings. The Labute approximate surface area is 200 Å². The molecule has 6 nitrogen and oxygen atoms in total. The lowest BCUT2D eigenvalue weighted by molar-refractivity contribution is 0.0993. The summed E-state index contributed by atoms with van der Waals surface area (Å²) >= 11 is 1.69. The first-order chi connectivity index (χ1) is 16.5. The van der Waals surface area contributed by atoms with Crippen LogP contribution in [-0.4, -0.2) is 16.8 Å². The van der Waals surface area contributed by atoms with Crippen molar-refractivity contribution in [1.82, 2.24) is 4.98 Å². The fourth-order valence-electron chi connectivity index (χ4n) is 3.57. The first-order valence-electron chi connectivity index (χ1n) is 10.8. The minimum Gasteiger partial charge on any atom is -0.459 e. The monoisotopic (exact) mass is 467 g/mol. The molecule has 0 radical (unpaired) electrons. The number of nitrogens with one attached hydrogen (secondary N) is 2. The van der Waals surface area contributed by atoms with Crippen LogP contribution in [0.5, 0.6) is 0 Å². The van der Waals surface area contributed by atoms with Crippen molar-refractivity contribution in [3.8, 4) is 0 Å². The second-order valence-corrected chi connectivity index (χ2v) is 8.98. The van der Waals surface area contributed by atoms with Crippen molar-refractivity contribution in [3.05, 3.63) is 113 Å². The summed E-state index contributed by atoms with van der Waals surface area (Å²) in [5.74, 6) is -0.415. The molecule has 2 heterocycles. The maximum Gasteiger partial charge on any atom is 0.291 e. The molecule has 0 saturated carbocycles. The molecule has 0 aliphatic rings. The quantitative estimate of drug-likeness (QED) is 0.307. The van der Waals surface area contributed by atoms with Crippen molar-refractivity contribution in [3.63, 3.8) is 0 Å². The van der Waals surface area contributed by atoms with E-state index in [1.807, 2.05) is 49.4 Å². The van der Waals surface area contributed by atoms with Crippen molar-refractivity contribution in [2.24, 2.45) is 0 Å². The second-order valence-electron chi connectivity index (χ2n) is 7.86. The lowest BCUT2D eigenvalue weighted by atomic mass is 10.1. The van der Waals surface area contributed by atoms with Gasteiger partial charge in [0.2, 0.25) is 0 Å². The molecule has 5 rings (SSSR count). The van der Waals surface area contributed by atoms with Gasteiger partial charge in [0, 0.05) is 23.4 Å². The summed E-state index contributed by atoms with van der Waals surface area (Å²) in [7, 11) is 0. The fourth-order valence-corrected chi connectivity index (χ4v) is 4.57. The number of fused-ring (bicyclic) bond motifs is 1. The molecule has 7 heteroatoms. The van der Waals surface area contributed by atoms with Crippen molar-refractivity contribution >= 4 is 44.7 Å². The average molecular weight is 468 g/mol. The summed E-state index contributed by atoms with van der Waals surface area (Å²) in [5, 5.41) is 6.77. The molecule has 0 saturated heterocycles. The van der Waals surface area contributed by atoms with Crippen LogP contribution < -0.4 is 10.6 Å². The van der Waals surface area contributed by atoms with Gasteiger partial charge in [-0.1, -0.05) is 30.3 Å². The number of anilines is 2. The number of benzene rings is 3. The maximum atomic E-state index is 12.8. The standard InChI is InChI=1S/C27H21N3O3S/c1-17-8-11-19(16-22(17)30-27(32)23-6-4-14-33-23)26(31)28-20-12-9-18(10-13-20)15-25-29-21-5-2-3-7-24(21)34-25/h2-14,16H,15H2,1H3,(H,28,31)(H,30,32). The number of carbonyl (C=O) groups is 2. The van der Waals surface area contributed by atoms with Gasteiger partial charge >= 0.3 is 0 Å². The van der Waals surface area contributed by atoms with E-state index >= 15 is 0 Å². The highest BCUT2D eigenvalue weighted by Gasteiger charge is 2.13. The average Bonchev–Trinajstić information content (AvgIpc) is 3.51. The van der Waals surface area contributed by atoms with Crippen LogP contribution in [0.4, 0.5) is 11.4 Å². The zero-order chi connectivity index (χ0) is 23.5.